The monoisotopic (exact) mass is 224 g/mol. The van der Waals surface area contributed by atoms with E-state index in [9.17, 15) is 18.3 Å². The minimum atomic E-state index is -4.15. The number of hydrogen-bond donors (Lipinski definition) is 1. The summed E-state index contributed by atoms with van der Waals surface area (Å²) in [6, 6.07) is 0. The first kappa shape index (κ1) is 12.8. The van der Waals surface area contributed by atoms with Crippen molar-refractivity contribution in [3.8, 4) is 0 Å². The van der Waals surface area contributed by atoms with Crippen LogP contribution in [0.4, 0.5) is 13.2 Å². The average Bonchev–Trinajstić information content (AvgIpc) is 2.16. The lowest BCUT2D eigenvalue weighted by atomic mass is 9.76. The van der Waals surface area contributed by atoms with Crippen molar-refractivity contribution in [3.63, 3.8) is 0 Å². The summed E-state index contributed by atoms with van der Waals surface area (Å²) in [5, 5.41) is 10.0. The molecule has 90 valence electrons. The molecule has 0 aromatic carbocycles. The van der Waals surface area contributed by atoms with E-state index in [1.807, 2.05) is 0 Å². The van der Waals surface area contributed by atoms with Crippen LogP contribution >= 0.6 is 0 Å². The lowest BCUT2D eigenvalue weighted by Gasteiger charge is -2.35. The molecule has 0 aliphatic heterocycles. The number of alkyl halides is 3. The minimum Gasteiger partial charge on any atom is -0.390 e. The van der Waals surface area contributed by atoms with Crippen LogP contribution in [0.15, 0.2) is 0 Å². The van der Waals surface area contributed by atoms with Gasteiger partial charge in [0, 0.05) is 6.42 Å². The second kappa shape index (κ2) is 4.73. The van der Waals surface area contributed by atoms with E-state index in [-0.39, 0.29) is 12.3 Å². The Hall–Kier alpha value is -0.250. The Balaban J connectivity index is 2.42. The molecule has 1 rings (SSSR count). The highest BCUT2D eigenvalue weighted by Gasteiger charge is 2.37. The zero-order chi connectivity index (χ0) is 11.5. The van der Waals surface area contributed by atoms with E-state index >= 15 is 0 Å². The molecule has 0 saturated heterocycles. The second-order valence-electron chi connectivity index (χ2n) is 4.81. The topological polar surface area (TPSA) is 20.2 Å². The third-order valence-corrected chi connectivity index (χ3v) is 3.40. The SMILES string of the molecule is CC(O)(CCC(F)(F)F)C1CCCCC1. The summed E-state index contributed by atoms with van der Waals surface area (Å²) in [5.41, 5.74) is -1.14. The predicted molar refractivity (Wildman–Crippen MR) is 52.5 cm³/mol. The Kier molecular flexibility index (Phi) is 4.04. The van der Waals surface area contributed by atoms with Crippen LogP contribution in [-0.4, -0.2) is 16.9 Å². The Morgan fingerprint density at radius 2 is 1.60 bits per heavy atom. The lowest BCUT2D eigenvalue weighted by Crippen LogP contribution is -2.37. The highest BCUT2D eigenvalue weighted by molar-refractivity contribution is 4.84. The summed E-state index contributed by atoms with van der Waals surface area (Å²) >= 11 is 0. The maximum absolute atomic E-state index is 12.0. The standard InChI is InChI=1S/C11H19F3O/c1-10(15,7-8-11(12,13)14)9-5-3-2-4-6-9/h9,15H,2-8H2,1H3. The summed E-state index contributed by atoms with van der Waals surface area (Å²) in [6.07, 6.45) is -0.252. The van der Waals surface area contributed by atoms with Crippen LogP contribution in [0.25, 0.3) is 0 Å². The molecule has 1 aliphatic rings. The van der Waals surface area contributed by atoms with Gasteiger partial charge in [-0.2, -0.15) is 13.2 Å². The molecule has 4 heteroatoms. The molecule has 1 unspecified atom stereocenters. The molecule has 1 saturated carbocycles. The summed E-state index contributed by atoms with van der Waals surface area (Å²) < 4.78 is 36.1. The van der Waals surface area contributed by atoms with E-state index in [0.29, 0.717) is 0 Å². The smallest absolute Gasteiger partial charge is 0.389 e. The maximum Gasteiger partial charge on any atom is 0.389 e. The summed E-state index contributed by atoms with van der Waals surface area (Å²) in [4.78, 5) is 0. The Morgan fingerprint density at radius 1 is 1.07 bits per heavy atom. The zero-order valence-corrected chi connectivity index (χ0v) is 9.11. The molecule has 0 radical (unpaired) electrons. The van der Waals surface area contributed by atoms with Crippen LogP contribution in [0.5, 0.6) is 0 Å². The molecule has 1 N–H and O–H groups in total. The van der Waals surface area contributed by atoms with Gasteiger partial charge >= 0.3 is 6.18 Å². The van der Waals surface area contributed by atoms with Gasteiger partial charge < -0.3 is 5.11 Å². The fraction of sp³-hybridized carbons (Fsp3) is 1.00. The van der Waals surface area contributed by atoms with Gasteiger partial charge in [-0.05, 0) is 32.1 Å². The van der Waals surface area contributed by atoms with Gasteiger partial charge in [0.2, 0.25) is 0 Å². The molecule has 1 nitrogen and oxygen atoms in total. The molecule has 0 aromatic heterocycles. The molecule has 1 aliphatic carbocycles. The van der Waals surface area contributed by atoms with E-state index in [1.165, 1.54) is 0 Å². The van der Waals surface area contributed by atoms with Crippen molar-refractivity contribution in [2.24, 2.45) is 5.92 Å². The largest absolute Gasteiger partial charge is 0.390 e. The van der Waals surface area contributed by atoms with Crippen molar-refractivity contribution >= 4 is 0 Å². The highest BCUT2D eigenvalue weighted by atomic mass is 19.4. The predicted octanol–water partition coefficient (Wildman–Crippen LogP) is 3.66. The molecule has 15 heavy (non-hydrogen) atoms. The summed E-state index contributed by atoms with van der Waals surface area (Å²) in [6.45, 7) is 1.55. The first-order valence-corrected chi connectivity index (χ1v) is 5.60. The molecule has 0 bridgehead atoms. The number of halogens is 3. The van der Waals surface area contributed by atoms with E-state index in [2.05, 4.69) is 0 Å². The van der Waals surface area contributed by atoms with Gasteiger partial charge in [0.15, 0.2) is 0 Å². The third-order valence-electron chi connectivity index (χ3n) is 3.40. The van der Waals surface area contributed by atoms with Crippen LogP contribution in [-0.2, 0) is 0 Å². The molecule has 0 heterocycles. The van der Waals surface area contributed by atoms with E-state index in [0.717, 1.165) is 32.1 Å². The van der Waals surface area contributed by atoms with Gasteiger partial charge in [-0.1, -0.05) is 19.3 Å². The van der Waals surface area contributed by atoms with Crippen molar-refractivity contribution in [2.75, 3.05) is 0 Å². The van der Waals surface area contributed by atoms with Gasteiger partial charge in [-0.25, -0.2) is 0 Å². The van der Waals surface area contributed by atoms with Crippen molar-refractivity contribution < 1.29 is 18.3 Å². The molecule has 1 atom stereocenters. The first-order valence-electron chi connectivity index (χ1n) is 5.60. The quantitative estimate of drug-likeness (QED) is 0.775. The number of rotatable bonds is 3. The molecular weight excluding hydrogens is 205 g/mol. The van der Waals surface area contributed by atoms with Crippen molar-refractivity contribution in [3.05, 3.63) is 0 Å². The molecular formula is C11H19F3O. The van der Waals surface area contributed by atoms with Gasteiger partial charge in [0.1, 0.15) is 0 Å². The maximum atomic E-state index is 12.0. The lowest BCUT2D eigenvalue weighted by molar-refractivity contribution is -0.151. The number of hydrogen-bond acceptors (Lipinski definition) is 1. The third kappa shape index (κ3) is 4.41. The van der Waals surface area contributed by atoms with Crippen molar-refractivity contribution in [1.82, 2.24) is 0 Å². The van der Waals surface area contributed by atoms with Crippen LogP contribution in [0.1, 0.15) is 51.9 Å². The van der Waals surface area contributed by atoms with Crippen LogP contribution in [0.2, 0.25) is 0 Å². The molecule has 1 fully saturated rings. The Morgan fingerprint density at radius 3 is 2.07 bits per heavy atom. The fourth-order valence-corrected chi connectivity index (χ4v) is 2.32. The van der Waals surface area contributed by atoms with Gasteiger partial charge in [0.05, 0.1) is 5.60 Å². The molecule has 0 aromatic rings. The summed E-state index contributed by atoms with van der Waals surface area (Å²) in [5.74, 6) is 0.0496. The zero-order valence-electron chi connectivity index (χ0n) is 9.11. The van der Waals surface area contributed by atoms with Crippen LogP contribution < -0.4 is 0 Å². The van der Waals surface area contributed by atoms with Crippen LogP contribution in [0, 0.1) is 5.92 Å². The van der Waals surface area contributed by atoms with Crippen molar-refractivity contribution in [1.29, 1.82) is 0 Å². The Bertz CT molecular complexity index is 192. The summed E-state index contributed by atoms with van der Waals surface area (Å²) in [7, 11) is 0. The average molecular weight is 224 g/mol. The van der Waals surface area contributed by atoms with E-state index in [1.54, 1.807) is 6.92 Å². The highest BCUT2D eigenvalue weighted by Crippen LogP contribution is 2.37. The second-order valence-corrected chi connectivity index (χ2v) is 4.81. The van der Waals surface area contributed by atoms with E-state index in [4.69, 9.17) is 0 Å². The first-order chi connectivity index (χ1) is 6.81. The molecule has 0 amide bonds. The normalized spacial score (nSPS) is 23.8. The fourth-order valence-electron chi connectivity index (χ4n) is 2.32. The number of aliphatic hydroxyl groups is 1. The van der Waals surface area contributed by atoms with E-state index < -0.39 is 18.2 Å². The minimum absolute atomic E-state index is 0.0496. The van der Waals surface area contributed by atoms with Gasteiger partial charge in [-0.15, -0.1) is 0 Å². The van der Waals surface area contributed by atoms with Crippen LogP contribution in [0.3, 0.4) is 0 Å². The van der Waals surface area contributed by atoms with Crippen molar-refractivity contribution in [2.45, 2.75) is 63.6 Å². The Labute approximate surface area is 88.7 Å². The van der Waals surface area contributed by atoms with Gasteiger partial charge in [-0.3, -0.25) is 0 Å². The van der Waals surface area contributed by atoms with Gasteiger partial charge in [0.25, 0.3) is 0 Å². The molecule has 0 spiro atoms.